The van der Waals surface area contributed by atoms with Crippen LogP contribution in [0.3, 0.4) is 0 Å². The first-order valence-electron chi connectivity index (χ1n) is 5.39. The van der Waals surface area contributed by atoms with Gasteiger partial charge in [-0.3, -0.25) is 0 Å². The Labute approximate surface area is 107 Å². The average Bonchev–Trinajstić information content (AvgIpc) is 2.38. The monoisotopic (exact) mass is 268 g/mol. The van der Waals surface area contributed by atoms with Crippen LogP contribution >= 0.6 is 0 Å². The van der Waals surface area contributed by atoms with Gasteiger partial charge in [-0.1, -0.05) is 6.07 Å². The number of aromatic nitrogens is 1. The summed E-state index contributed by atoms with van der Waals surface area (Å²) in [6.45, 7) is 0. The summed E-state index contributed by atoms with van der Waals surface area (Å²) in [6.07, 6.45) is -2.90. The van der Waals surface area contributed by atoms with Crippen molar-refractivity contribution in [3.8, 4) is 17.0 Å². The van der Waals surface area contributed by atoms with Crippen molar-refractivity contribution in [2.24, 2.45) is 0 Å². The molecule has 1 aromatic heterocycles. The summed E-state index contributed by atoms with van der Waals surface area (Å²) < 4.78 is 42.5. The highest BCUT2D eigenvalue weighted by atomic mass is 19.4. The van der Waals surface area contributed by atoms with Gasteiger partial charge in [0.25, 0.3) is 0 Å². The van der Waals surface area contributed by atoms with Crippen molar-refractivity contribution in [1.29, 1.82) is 0 Å². The lowest BCUT2D eigenvalue weighted by Crippen LogP contribution is -2.06. The van der Waals surface area contributed by atoms with E-state index in [0.29, 0.717) is 17.0 Å². The van der Waals surface area contributed by atoms with Crippen LogP contribution in [0.1, 0.15) is 5.56 Å². The standard InChI is InChI=1S/C13H11F3N2O/c1-19-12-5-2-8(7-18-12)10-4-3-9(6-11(10)17)13(14,15)16/h2-7H,17H2,1H3. The third-order valence-electron chi connectivity index (χ3n) is 2.64. The molecular weight excluding hydrogens is 257 g/mol. The number of halogens is 3. The van der Waals surface area contributed by atoms with Gasteiger partial charge < -0.3 is 10.5 Å². The summed E-state index contributed by atoms with van der Waals surface area (Å²) in [7, 11) is 1.48. The molecule has 0 fully saturated rings. The van der Waals surface area contributed by atoms with Crippen LogP contribution in [0.15, 0.2) is 36.5 Å². The average molecular weight is 268 g/mol. The molecule has 3 nitrogen and oxygen atoms in total. The second kappa shape index (κ2) is 4.79. The van der Waals surface area contributed by atoms with Crippen molar-refractivity contribution < 1.29 is 17.9 Å². The number of rotatable bonds is 2. The molecule has 0 radical (unpaired) electrons. The molecule has 2 rings (SSSR count). The summed E-state index contributed by atoms with van der Waals surface area (Å²) in [5.74, 6) is 0.425. The summed E-state index contributed by atoms with van der Waals surface area (Å²) in [6, 6.07) is 6.55. The van der Waals surface area contributed by atoms with Gasteiger partial charge in [-0.05, 0) is 18.2 Å². The molecule has 0 bridgehead atoms. The highest BCUT2D eigenvalue weighted by molar-refractivity contribution is 5.76. The predicted octanol–water partition coefficient (Wildman–Crippen LogP) is 3.36. The highest BCUT2D eigenvalue weighted by Crippen LogP contribution is 2.34. The minimum absolute atomic E-state index is 0.0572. The molecule has 0 saturated heterocycles. The van der Waals surface area contributed by atoms with E-state index in [2.05, 4.69) is 4.98 Å². The summed E-state index contributed by atoms with van der Waals surface area (Å²) >= 11 is 0. The highest BCUT2D eigenvalue weighted by Gasteiger charge is 2.30. The lowest BCUT2D eigenvalue weighted by molar-refractivity contribution is -0.137. The normalized spacial score (nSPS) is 11.4. The van der Waals surface area contributed by atoms with Crippen LogP contribution in [0.5, 0.6) is 5.88 Å². The number of nitrogens with zero attached hydrogens (tertiary/aromatic N) is 1. The molecular formula is C13H11F3N2O. The van der Waals surface area contributed by atoms with Crippen LogP contribution in [-0.4, -0.2) is 12.1 Å². The van der Waals surface area contributed by atoms with Crippen molar-refractivity contribution >= 4 is 5.69 Å². The fourth-order valence-electron chi connectivity index (χ4n) is 1.66. The zero-order valence-corrected chi connectivity index (χ0v) is 10.0. The number of alkyl halides is 3. The first-order chi connectivity index (χ1) is 8.91. The predicted molar refractivity (Wildman–Crippen MR) is 65.6 cm³/mol. The van der Waals surface area contributed by atoms with Gasteiger partial charge >= 0.3 is 6.18 Å². The summed E-state index contributed by atoms with van der Waals surface area (Å²) in [5.41, 5.74) is 6.08. The number of nitrogen functional groups attached to an aromatic ring is 1. The molecule has 0 saturated carbocycles. The molecule has 1 aromatic carbocycles. The third kappa shape index (κ3) is 2.78. The van der Waals surface area contributed by atoms with Gasteiger partial charge in [0.15, 0.2) is 0 Å². The van der Waals surface area contributed by atoms with Gasteiger partial charge in [0, 0.05) is 29.1 Å². The van der Waals surface area contributed by atoms with E-state index in [-0.39, 0.29) is 5.69 Å². The maximum absolute atomic E-state index is 12.5. The number of hydrogen-bond acceptors (Lipinski definition) is 3. The molecule has 0 aliphatic heterocycles. The fourth-order valence-corrected chi connectivity index (χ4v) is 1.66. The Balaban J connectivity index is 2.40. The van der Waals surface area contributed by atoms with Crippen LogP contribution in [0.4, 0.5) is 18.9 Å². The zero-order chi connectivity index (χ0) is 14.0. The largest absolute Gasteiger partial charge is 0.481 e. The van der Waals surface area contributed by atoms with E-state index >= 15 is 0 Å². The van der Waals surface area contributed by atoms with Crippen LogP contribution < -0.4 is 10.5 Å². The molecule has 0 aliphatic carbocycles. The number of ether oxygens (including phenoxy) is 1. The molecule has 0 atom stereocenters. The van der Waals surface area contributed by atoms with Crippen molar-refractivity contribution in [2.45, 2.75) is 6.18 Å². The Kier molecular flexibility index (Phi) is 3.33. The van der Waals surface area contributed by atoms with Gasteiger partial charge in [-0.15, -0.1) is 0 Å². The minimum atomic E-state index is -4.40. The van der Waals surface area contributed by atoms with Crippen LogP contribution in [-0.2, 0) is 6.18 Å². The second-order valence-corrected chi connectivity index (χ2v) is 3.89. The number of hydrogen-bond donors (Lipinski definition) is 1. The molecule has 0 amide bonds. The Hall–Kier alpha value is -2.24. The molecule has 1 heterocycles. The van der Waals surface area contributed by atoms with Crippen molar-refractivity contribution in [3.05, 3.63) is 42.1 Å². The van der Waals surface area contributed by atoms with E-state index in [1.165, 1.54) is 19.4 Å². The van der Waals surface area contributed by atoms with E-state index in [0.717, 1.165) is 12.1 Å². The lowest BCUT2D eigenvalue weighted by atomic mass is 10.0. The Morgan fingerprint density at radius 2 is 1.89 bits per heavy atom. The lowest BCUT2D eigenvalue weighted by Gasteiger charge is -2.11. The minimum Gasteiger partial charge on any atom is -0.481 e. The molecule has 0 unspecified atom stereocenters. The fraction of sp³-hybridized carbons (Fsp3) is 0.154. The third-order valence-corrected chi connectivity index (χ3v) is 2.64. The molecule has 2 aromatic rings. The summed E-state index contributed by atoms with van der Waals surface area (Å²) in [4.78, 5) is 3.99. The van der Waals surface area contributed by atoms with Crippen LogP contribution in [0.25, 0.3) is 11.1 Å². The summed E-state index contributed by atoms with van der Waals surface area (Å²) in [5, 5.41) is 0. The molecule has 100 valence electrons. The van der Waals surface area contributed by atoms with Crippen molar-refractivity contribution in [3.63, 3.8) is 0 Å². The van der Waals surface area contributed by atoms with Crippen molar-refractivity contribution in [1.82, 2.24) is 4.98 Å². The van der Waals surface area contributed by atoms with E-state index < -0.39 is 11.7 Å². The Bertz CT molecular complexity index is 579. The van der Waals surface area contributed by atoms with Crippen molar-refractivity contribution in [2.75, 3.05) is 12.8 Å². The smallest absolute Gasteiger partial charge is 0.416 e. The maximum Gasteiger partial charge on any atom is 0.416 e. The van der Waals surface area contributed by atoms with E-state index in [1.807, 2.05) is 0 Å². The Morgan fingerprint density at radius 1 is 1.16 bits per heavy atom. The maximum atomic E-state index is 12.5. The molecule has 0 aliphatic rings. The zero-order valence-electron chi connectivity index (χ0n) is 10.0. The van der Waals surface area contributed by atoms with Crippen LogP contribution in [0, 0.1) is 0 Å². The molecule has 6 heteroatoms. The van der Waals surface area contributed by atoms with Gasteiger partial charge in [0.05, 0.1) is 12.7 Å². The number of pyridine rings is 1. The second-order valence-electron chi connectivity index (χ2n) is 3.89. The first-order valence-corrected chi connectivity index (χ1v) is 5.39. The van der Waals surface area contributed by atoms with Gasteiger partial charge in [0.2, 0.25) is 5.88 Å². The number of anilines is 1. The van der Waals surface area contributed by atoms with E-state index in [9.17, 15) is 13.2 Å². The number of benzene rings is 1. The van der Waals surface area contributed by atoms with Gasteiger partial charge in [-0.2, -0.15) is 13.2 Å². The number of methoxy groups -OCH3 is 1. The quantitative estimate of drug-likeness (QED) is 0.849. The first kappa shape index (κ1) is 13.2. The van der Waals surface area contributed by atoms with E-state index in [1.54, 1.807) is 12.1 Å². The SMILES string of the molecule is COc1ccc(-c2ccc(C(F)(F)F)cc2N)cn1. The van der Waals surface area contributed by atoms with Gasteiger partial charge in [-0.25, -0.2) is 4.98 Å². The van der Waals surface area contributed by atoms with Gasteiger partial charge in [0.1, 0.15) is 0 Å². The van der Waals surface area contributed by atoms with E-state index in [4.69, 9.17) is 10.5 Å². The van der Waals surface area contributed by atoms with Crippen LogP contribution in [0.2, 0.25) is 0 Å². The number of nitrogens with two attached hydrogens (primary N) is 1. The molecule has 0 spiro atoms. The molecule has 2 N–H and O–H groups in total. The Morgan fingerprint density at radius 3 is 2.37 bits per heavy atom. The molecule has 19 heavy (non-hydrogen) atoms. The topological polar surface area (TPSA) is 48.1 Å².